The largest absolute Gasteiger partial charge is 0.359 e. The topological polar surface area (TPSA) is 85.8 Å². The molecule has 0 spiro atoms. The molecule has 1 N–H and O–H groups in total. The molecule has 7 nitrogen and oxygen atoms in total. The summed E-state index contributed by atoms with van der Waals surface area (Å²) in [6, 6.07) is 9.35. The normalized spacial score (nSPS) is 11.0. The van der Waals surface area contributed by atoms with Crippen LogP contribution in [0.5, 0.6) is 0 Å². The van der Waals surface area contributed by atoms with Gasteiger partial charge in [-0.3, -0.25) is 9.48 Å². The average Bonchev–Trinajstić information content (AvgIpc) is 3.21. The van der Waals surface area contributed by atoms with E-state index in [1.807, 2.05) is 37.5 Å². The van der Waals surface area contributed by atoms with Gasteiger partial charge in [0.05, 0.1) is 23.0 Å². The third-order valence-corrected chi connectivity index (χ3v) is 4.23. The molecule has 0 aliphatic rings. The number of aromatic nitrogens is 4. The molecule has 0 bridgehead atoms. The summed E-state index contributed by atoms with van der Waals surface area (Å²) in [7, 11) is 1.84. The van der Waals surface area contributed by atoms with E-state index < -0.39 is 0 Å². The Morgan fingerprint density at radius 1 is 1.23 bits per heavy atom. The van der Waals surface area contributed by atoms with Crippen molar-refractivity contribution in [2.75, 3.05) is 5.32 Å². The molecule has 0 fully saturated rings. The van der Waals surface area contributed by atoms with Gasteiger partial charge in [0.25, 0.3) is 5.91 Å². The van der Waals surface area contributed by atoms with Crippen LogP contribution in [0.15, 0.2) is 47.2 Å². The summed E-state index contributed by atoms with van der Waals surface area (Å²) in [6.45, 7) is 3.55. The lowest BCUT2D eigenvalue weighted by Gasteiger charge is -2.09. The number of hydrogen-bond acceptors (Lipinski definition) is 5. The van der Waals surface area contributed by atoms with Crippen LogP contribution < -0.4 is 5.32 Å². The summed E-state index contributed by atoms with van der Waals surface area (Å²) in [5.41, 5.74) is 4.07. The molecular weight excluding hydrogens is 330 g/mol. The number of hydrogen-bond donors (Lipinski definition) is 1. The van der Waals surface area contributed by atoms with E-state index in [0.29, 0.717) is 28.4 Å². The third kappa shape index (κ3) is 2.73. The highest BCUT2D eigenvalue weighted by molar-refractivity contribution is 6.13. The van der Waals surface area contributed by atoms with Gasteiger partial charge in [-0.25, -0.2) is 4.98 Å². The van der Waals surface area contributed by atoms with E-state index in [-0.39, 0.29) is 5.91 Å². The zero-order valence-corrected chi connectivity index (χ0v) is 14.6. The second-order valence-corrected chi connectivity index (χ2v) is 6.13. The first-order chi connectivity index (χ1) is 12.5. The SMILES string of the molecule is Cc1noc(C)c1NC(=O)c1cc(-c2cnn(C)c2)nc2ccccc12. The van der Waals surface area contributed by atoms with Gasteiger partial charge < -0.3 is 9.84 Å². The predicted molar refractivity (Wildman–Crippen MR) is 97.9 cm³/mol. The minimum Gasteiger partial charge on any atom is -0.359 e. The van der Waals surface area contributed by atoms with Crippen LogP contribution in [0, 0.1) is 13.8 Å². The molecular formula is C19H17N5O2. The molecule has 0 aliphatic carbocycles. The fourth-order valence-corrected chi connectivity index (χ4v) is 2.91. The molecule has 0 aliphatic heterocycles. The number of amides is 1. The Morgan fingerprint density at radius 3 is 2.73 bits per heavy atom. The zero-order chi connectivity index (χ0) is 18.3. The highest BCUT2D eigenvalue weighted by atomic mass is 16.5. The minimum atomic E-state index is -0.233. The lowest BCUT2D eigenvalue weighted by Crippen LogP contribution is -2.14. The summed E-state index contributed by atoms with van der Waals surface area (Å²) in [5.74, 6) is 0.338. The maximum atomic E-state index is 13.0. The number of para-hydroxylation sites is 1. The Labute approximate surface area is 149 Å². The van der Waals surface area contributed by atoms with E-state index in [4.69, 9.17) is 4.52 Å². The number of nitrogens with zero attached hydrogens (tertiary/aromatic N) is 4. The smallest absolute Gasteiger partial charge is 0.256 e. The van der Waals surface area contributed by atoms with E-state index in [2.05, 4.69) is 20.6 Å². The lowest BCUT2D eigenvalue weighted by atomic mass is 10.0. The van der Waals surface area contributed by atoms with Crippen LogP contribution in [0.4, 0.5) is 5.69 Å². The van der Waals surface area contributed by atoms with Crippen LogP contribution in [0.2, 0.25) is 0 Å². The Kier molecular flexibility index (Phi) is 3.76. The van der Waals surface area contributed by atoms with Crippen molar-refractivity contribution >= 4 is 22.5 Å². The Bertz CT molecular complexity index is 1110. The van der Waals surface area contributed by atoms with E-state index >= 15 is 0 Å². The number of nitrogens with one attached hydrogen (secondary N) is 1. The number of fused-ring (bicyclic) bond motifs is 1. The first kappa shape index (κ1) is 16.0. The highest BCUT2D eigenvalue weighted by Gasteiger charge is 2.18. The van der Waals surface area contributed by atoms with Crippen molar-refractivity contribution in [3.8, 4) is 11.3 Å². The number of pyridine rings is 1. The molecule has 7 heteroatoms. The fraction of sp³-hybridized carbons (Fsp3) is 0.158. The summed E-state index contributed by atoms with van der Waals surface area (Å²) >= 11 is 0. The molecule has 3 aromatic heterocycles. The van der Waals surface area contributed by atoms with Crippen LogP contribution in [-0.2, 0) is 7.05 Å². The highest BCUT2D eigenvalue weighted by Crippen LogP contribution is 2.26. The molecule has 1 aromatic carbocycles. The molecule has 26 heavy (non-hydrogen) atoms. The van der Waals surface area contributed by atoms with Crippen LogP contribution in [0.1, 0.15) is 21.8 Å². The molecule has 0 unspecified atom stereocenters. The first-order valence-electron chi connectivity index (χ1n) is 8.16. The second kappa shape index (κ2) is 6.11. The van der Waals surface area contributed by atoms with Crippen molar-refractivity contribution in [3.63, 3.8) is 0 Å². The second-order valence-electron chi connectivity index (χ2n) is 6.13. The third-order valence-electron chi connectivity index (χ3n) is 4.23. The quantitative estimate of drug-likeness (QED) is 0.613. The van der Waals surface area contributed by atoms with Crippen LogP contribution in [-0.4, -0.2) is 25.8 Å². The first-order valence-corrected chi connectivity index (χ1v) is 8.16. The van der Waals surface area contributed by atoms with Crippen molar-refractivity contribution in [2.24, 2.45) is 7.05 Å². The maximum Gasteiger partial charge on any atom is 0.256 e. The van der Waals surface area contributed by atoms with Gasteiger partial charge in [-0.15, -0.1) is 0 Å². The monoisotopic (exact) mass is 347 g/mol. The van der Waals surface area contributed by atoms with Gasteiger partial charge in [0.15, 0.2) is 5.76 Å². The predicted octanol–water partition coefficient (Wildman–Crippen LogP) is 3.49. The molecule has 0 saturated heterocycles. The number of benzene rings is 1. The van der Waals surface area contributed by atoms with Crippen molar-refractivity contribution in [1.82, 2.24) is 19.9 Å². The van der Waals surface area contributed by atoms with Gasteiger partial charge >= 0.3 is 0 Å². The van der Waals surface area contributed by atoms with E-state index in [1.165, 1.54) is 0 Å². The van der Waals surface area contributed by atoms with Gasteiger partial charge in [0.2, 0.25) is 0 Å². The van der Waals surface area contributed by atoms with Crippen molar-refractivity contribution in [3.05, 3.63) is 59.7 Å². The molecule has 0 saturated carbocycles. The molecule has 3 heterocycles. The number of carbonyl (C=O) groups is 1. The number of anilines is 1. The molecule has 0 atom stereocenters. The van der Waals surface area contributed by atoms with Gasteiger partial charge in [0, 0.05) is 24.2 Å². The number of carbonyl (C=O) groups excluding carboxylic acids is 1. The van der Waals surface area contributed by atoms with Crippen molar-refractivity contribution < 1.29 is 9.32 Å². The molecule has 0 radical (unpaired) electrons. The summed E-state index contributed by atoms with van der Waals surface area (Å²) in [5, 5.41) is 11.8. The summed E-state index contributed by atoms with van der Waals surface area (Å²) in [4.78, 5) is 17.7. The van der Waals surface area contributed by atoms with Crippen molar-refractivity contribution in [2.45, 2.75) is 13.8 Å². The Balaban J connectivity index is 1.83. The van der Waals surface area contributed by atoms with Gasteiger partial charge in [-0.05, 0) is 26.0 Å². The number of rotatable bonds is 3. The summed E-state index contributed by atoms with van der Waals surface area (Å²) in [6.07, 6.45) is 3.60. The fourth-order valence-electron chi connectivity index (χ4n) is 2.91. The van der Waals surface area contributed by atoms with Crippen LogP contribution >= 0.6 is 0 Å². The van der Waals surface area contributed by atoms with E-state index in [1.54, 1.807) is 30.8 Å². The average molecular weight is 347 g/mol. The zero-order valence-electron chi connectivity index (χ0n) is 14.6. The van der Waals surface area contributed by atoms with Gasteiger partial charge in [-0.2, -0.15) is 5.10 Å². The molecule has 1 amide bonds. The summed E-state index contributed by atoms with van der Waals surface area (Å²) < 4.78 is 6.83. The van der Waals surface area contributed by atoms with E-state index in [9.17, 15) is 4.79 Å². The molecule has 4 rings (SSSR count). The Hall–Kier alpha value is -3.48. The number of aryl methyl sites for hydroxylation is 3. The van der Waals surface area contributed by atoms with E-state index in [0.717, 1.165) is 16.5 Å². The Morgan fingerprint density at radius 2 is 2.04 bits per heavy atom. The van der Waals surface area contributed by atoms with Gasteiger partial charge in [-0.1, -0.05) is 23.4 Å². The van der Waals surface area contributed by atoms with Crippen LogP contribution in [0.3, 0.4) is 0 Å². The standard InChI is InChI=1S/C19H17N5O2/c1-11-18(12(2)26-23-11)22-19(25)15-8-17(13-9-20-24(3)10-13)21-16-7-5-4-6-14(15)16/h4-10H,1-3H3,(H,22,25). The maximum absolute atomic E-state index is 13.0. The minimum absolute atomic E-state index is 0.233. The van der Waals surface area contributed by atoms with Gasteiger partial charge in [0.1, 0.15) is 11.4 Å². The molecule has 4 aromatic rings. The van der Waals surface area contributed by atoms with Crippen LogP contribution in [0.25, 0.3) is 22.2 Å². The molecule has 130 valence electrons. The lowest BCUT2D eigenvalue weighted by molar-refractivity contribution is 0.102. The van der Waals surface area contributed by atoms with Crippen molar-refractivity contribution in [1.29, 1.82) is 0 Å².